The van der Waals surface area contributed by atoms with E-state index in [-0.39, 0.29) is 4.90 Å². The van der Waals surface area contributed by atoms with Gasteiger partial charge in [0.25, 0.3) is 0 Å². The Morgan fingerprint density at radius 2 is 1.88 bits per heavy atom. The number of piperazine rings is 1. The number of halogens is 1. The Morgan fingerprint density at radius 3 is 2.62 bits per heavy atom. The second-order valence-corrected chi connectivity index (χ2v) is 8.31. The van der Waals surface area contributed by atoms with Crippen LogP contribution in [-0.4, -0.2) is 63.9 Å². The van der Waals surface area contributed by atoms with Crippen molar-refractivity contribution < 1.29 is 8.42 Å². The third-order valence-electron chi connectivity index (χ3n) is 4.34. The highest BCUT2D eigenvalue weighted by atomic mass is 35.5. The smallest absolute Gasteiger partial charge is 0.243 e. The third kappa shape index (κ3) is 2.89. The van der Waals surface area contributed by atoms with E-state index in [2.05, 4.69) is 20.3 Å². The largest absolute Gasteiger partial charge is 0.352 e. The Bertz CT molecular complexity index is 1060. The highest BCUT2D eigenvalue weighted by molar-refractivity contribution is 7.89. The fraction of sp³-hybridized carbons (Fsp3) is 0.333. The number of rotatable bonds is 3. The number of anilines is 1. The van der Waals surface area contributed by atoms with Crippen molar-refractivity contribution in [1.82, 2.24) is 29.3 Å². The van der Waals surface area contributed by atoms with Crippen LogP contribution in [0.4, 0.5) is 5.82 Å². The number of hydrogen-bond acceptors (Lipinski definition) is 7. The van der Waals surface area contributed by atoms with Gasteiger partial charge in [-0.05, 0) is 18.2 Å². The van der Waals surface area contributed by atoms with Crippen LogP contribution in [0.3, 0.4) is 0 Å². The van der Waals surface area contributed by atoms with Gasteiger partial charge in [-0.3, -0.25) is 0 Å². The van der Waals surface area contributed by atoms with Crippen LogP contribution in [0.5, 0.6) is 0 Å². The van der Waals surface area contributed by atoms with E-state index in [0.717, 1.165) is 0 Å². The lowest BCUT2D eigenvalue weighted by atomic mass is 10.3. The summed E-state index contributed by atoms with van der Waals surface area (Å²) in [5.74, 6) is 0.669. The zero-order chi connectivity index (χ0) is 18.3. The normalized spacial score (nSPS) is 16.3. The monoisotopic (exact) mass is 393 g/mol. The lowest BCUT2D eigenvalue weighted by molar-refractivity contribution is 0.384. The highest BCUT2D eigenvalue weighted by Crippen LogP contribution is 2.24. The molecule has 0 radical (unpaired) electrons. The van der Waals surface area contributed by atoms with Crippen molar-refractivity contribution in [1.29, 1.82) is 0 Å². The van der Waals surface area contributed by atoms with Crippen LogP contribution in [0.1, 0.15) is 0 Å². The molecule has 1 aliphatic rings. The number of sulfonamides is 1. The van der Waals surface area contributed by atoms with Gasteiger partial charge in [0.15, 0.2) is 17.0 Å². The zero-order valence-corrected chi connectivity index (χ0v) is 15.5. The van der Waals surface area contributed by atoms with Crippen LogP contribution in [0, 0.1) is 0 Å². The molecule has 0 spiro atoms. The summed E-state index contributed by atoms with van der Waals surface area (Å²) in [6.07, 6.45) is 1.47. The molecule has 0 bridgehead atoms. The minimum Gasteiger partial charge on any atom is -0.352 e. The Hall–Kier alpha value is -2.30. The second kappa shape index (κ2) is 6.45. The zero-order valence-electron chi connectivity index (χ0n) is 13.9. The molecule has 0 saturated carbocycles. The molecule has 3 aromatic rings. The summed E-state index contributed by atoms with van der Waals surface area (Å²) in [7, 11) is -1.81. The molecule has 1 saturated heterocycles. The fourth-order valence-corrected chi connectivity index (χ4v) is 4.71. The van der Waals surface area contributed by atoms with Crippen LogP contribution >= 0.6 is 11.6 Å². The van der Waals surface area contributed by atoms with Crippen molar-refractivity contribution in [3.63, 3.8) is 0 Å². The van der Waals surface area contributed by atoms with E-state index in [1.165, 1.54) is 16.7 Å². The second-order valence-electron chi connectivity index (χ2n) is 5.93. The molecule has 3 heterocycles. The van der Waals surface area contributed by atoms with E-state index < -0.39 is 10.0 Å². The fourth-order valence-electron chi connectivity index (χ4n) is 2.99. The molecule has 26 heavy (non-hydrogen) atoms. The summed E-state index contributed by atoms with van der Waals surface area (Å²) in [6, 6.07) is 6.31. The van der Waals surface area contributed by atoms with Crippen LogP contribution in [0.15, 0.2) is 35.5 Å². The molecule has 0 unspecified atom stereocenters. The summed E-state index contributed by atoms with van der Waals surface area (Å²) in [5.41, 5.74) is 1.25. The first kappa shape index (κ1) is 17.1. The molecule has 2 aromatic heterocycles. The van der Waals surface area contributed by atoms with Gasteiger partial charge in [-0.25, -0.2) is 23.1 Å². The van der Waals surface area contributed by atoms with Crippen LogP contribution in [0.2, 0.25) is 5.02 Å². The topological polar surface area (TPSA) is 97.1 Å². The van der Waals surface area contributed by atoms with E-state index in [0.29, 0.717) is 48.2 Å². The Morgan fingerprint density at radius 1 is 1.12 bits per heavy atom. The molecule has 11 heteroatoms. The number of hydrogen-bond donors (Lipinski definition) is 0. The summed E-state index contributed by atoms with van der Waals surface area (Å²) >= 11 is 5.93. The van der Waals surface area contributed by atoms with Gasteiger partial charge in [-0.2, -0.15) is 4.31 Å². The molecule has 0 aliphatic carbocycles. The molecule has 0 N–H and O–H groups in total. The molecular weight excluding hydrogens is 378 g/mol. The van der Waals surface area contributed by atoms with Gasteiger partial charge < -0.3 is 4.90 Å². The average Bonchev–Trinajstić information content (AvgIpc) is 3.03. The van der Waals surface area contributed by atoms with E-state index in [9.17, 15) is 8.42 Å². The molecule has 4 rings (SSSR count). The van der Waals surface area contributed by atoms with Gasteiger partial charge in [0.05, 0.1) is 4.90 Å². The van der Waals surface area contributed by atoms with Crippen molar-refractivity contribution in [3.05, 3.63) is 35.6 Å². The van der Waals surface area contributed by atoms with E-state index in [1.807, 2.05) is 4.90 Å². The third-order valence-corrected chi connectivity index (χ3v) is 6.47. The predicted octanol–water partition coefficient (Wildman–Crippen LogP) is 0.923. The van der Waals surface area contributed by atoms with Gasteiger partial charge in [0.1, 0.15) is 6.33 Å². The number of fused-ring (bicyclic) bond motifs is 1. The Labute approximate surface area is 155 Å². The minimum atomic E-state index is -3.57. The van der Waals surface area contributed by atoms with Gasteiger partial charge >= 0.3 is 0 Å². The number of aromatic nitrogens is 5. The average molecular weight is 394 g/mol. The van der Waals surface area contributed by atoms with E-state index >= 15 is 0 Å². The standard InChI is InChI=1S/C15H16ClN7O2S/c1-21-14-13(19-20-21)15(18-10-17-14)22-5-7-23(8-6-22)26(24,25)12-4-2-3-11(16)9-12/h2-4,9-10H,5-8H2,1H3. The lowest BCUT2D eigenvalue weighted by Crippen LogP contribution is -2.49. The van der Waals surface area contributed by atoms with E-state index in [4.69, 9.17) is 11.6 Å². The SMILES string of the molecule is Cn1nnc2c(N3CCN(S(=O)(=O)c4cccc(Cl)c4)CC3)ncnc21. The lowest BCUT2D eigenvalue weighted by Gasteiger charge is -2.34. The van der Waals surface area contributed by atoms with Crippen molar-refractivity contribution in [2.24, 2.45) is 7.05 Å². The van der Waals surface area contributed by atoms with Gasteiger partial charge in [0, 0.05) is 38.2 Å². The Balaban J connectivity index is 1.55. The van der Waals surface area contributed by atoms with Crippen LogP contribution < -0.4 is 4.90 Å². The summed E-state index contributed by atoms with van der Waals surface area (Å²) in [6.45, 7) is 1.70. The molecule has 1 aliphatic heterocycles. The summed E-state index contributed by atoms with van der Waals surface area (Å²) < 4.78 is 28.6. The number of nitrogens with zero attached hydrogens (tertiary/aromatic N) is 7. The molecule has 136 valence electrons. The van der Waals surface area contributed by atoms with Crippen molar-refractivity contribution in [3.8, 4) is 0 Å². The van der Waals surface area contributed by atoms with Gasteiger partial charge in [-0.15, -0.1) is 5.10 Å². The maximum Gasteiger partial charge on any atom is 0.243 e. The minimum absolute atomic E-state index is 0.205. The number of benzene rings is 1. The highest BCUT2D eigenvalue weighted by Gasteiger charge is 2.30. The number of aryl methyl sites for hydroxylation is 1. The van der Waals surface area contributed by atoms with Crippen molar-refractivity contribution >= 4 is 38.6 Å². The molecular formula is C15H16ClN7O2S. The van der Waals surface area contributed by atoms with E-state index in [1.54, 1.807) is 29.9 Å². The Kier molecular flexibility index (Phi) is 4.25. The van der Waals surface area contributed by atoms with Gasteiger partial charge in [0.2, 0.25) is 10.0 Å². The summed E-state index contributed by atoms with van der Waals surface area (Å²) in [4.78, 5) is 10.7. The molecule has 9 nitrogen and oxygen atoms in total. The first-order valence-corrected chi connectivity index (χ1v) is 9.79. The van der Waals surface area contributed by atoms with Gasteiger partial charge in [-0.1, -0.05) is 22.9 Å². The predicted molar refractivity (Wildman–Crippen MR) is 96.5 cm³/mol. The maximum absolute atomic E-state index is 12.8. The van der Waals surface area contributed by atoms with Crippen molar-refractivity contribution in [2.45, 2.75) is 4.90 Å². The maximum atomic E-state index is 12.8. The molecule has 0 atom stereocenters. The summed E-state index contributed by atoms with van der Waals surface area (Å²) in [5, 5.41) is 8.49. The van der Waals surface area contributed by atoms with Crippen LogP contribution in [0.25, 0.3) is 11.2 Å². The first-order valence-electron chi connectivity index (χ1n) is 7.98. The van der Waals surface area contributed by atoms with Crippen molar-refractivity contribution in [2.75, 3.05) is 31.1 Å². The first-order chi connectivity index (χ1) is 12.5. The molecule has 1 fully saturated rings. The van der Waals surface area contributed by atoms with Crippen LogP contribution in [-0.2, 0) is 17.1 Å². The quantitative estimate of drug-likeness (QED) is 0.652. The molecule has 0 amide bonds. The molecule has 1 aromatic carbocycles.